The van der Waals surface area contributed by atoms with Crippen molar-refractivity contribution in [3.05, 3.63) is 0 Å². The van der Waals surface area contributed by atoms with Crippen LogP contribution in [0.25, 0.3) is 0 Å². The van der Waals surface area contributed by atoms with E-state index in [1.165, 1.54) is 12.8 Å². The van der Waals surface area contributed by atoms with Gasteiger partial charge in [0.05, 0.1) is 0 Å². The topological polar surface area (TPSA) is 0 Å². The molecule has 0 spiro atoms. The highest BCUT2D eigenvalue weighted by Gasteiger charge is 2.37. The van der Waals surface area contributed by atoms with Gasteiger partial charge < -0.3 is 0 Å². The predicted molar refractivity (Wildman–Crippen MR) is 56.1 cm³/mol. The average molecular weight is 209 g/mol. The van der Waals surface area contributed by atoms with Gasteiger partial charge in [-0.1, -0.05) is 6.42 Å². The second-order valence-electron chi connectivity index (χ2n) is 4.77. The van der Waals surface area contributed by atoms with Crippen LogP contribution in [0.5, 0.6) is 0 Å². The zero-order valence-corrected chi connectivity index (χ0v) is 9.67. The third kappa shape index (κ3) is 2.81. The van der Waals surface area contributed by atoms with Crippen molar-refractivity contribution in [1.82, 2.24) is 0 Å². The molecule has 0 radical (unpaired) electrons. The zero-order chi connectivity index (χ0) is 9.41. The first-order valence-electron chi connectivity index (χ1n) is 4.69. The van der Waals surface area contributed by atoms with Crippen molar-refractivity contribution in [2.24, 2.45) is 5.92 Å². The SMILES string of the molecule is CC1(Cl)CCCC(C(C)(C)Cl)C1. The molecule has 1 saturated carbocycles. The molecule has 0 aromatic rings. The van der Waals surface area contributed by atoms with Crippen molar-refractivity contribution < 1.29 is 0 Å². The maximum absolute atomic E-state index is 6.31. The minimum Gasteiger partial charge on any atom is -0.120 e. The van der Waals surface area contributed by atoms with E-state index in [1.807, 2.05) is 0 Å². The van der Waals surface area contributed by atoms with Crippen molar-refractivity contribution in [3.63, 3.8) is 0 Å². The second-order valence-corrected chi connectivity index (χ2v) is 6.66. The van der Waals surface area contributed by atoms with E-state index in [9.17, 15) is 0 Å². The zero-order valence-electron chi connectivity index (χ0n) is 8.16. The Bertz CT molecular complexity index is 152. The van der Waals surface area contributed by atoms with E-state index in [1.54, 1.807) is 0 Å². The fourth-order valence-corrected chi connectivity index (χ4v) is 2.53. The van der Waals surface area contributed by atoms with Crippen molar-refractivity contribution in [2.45, 2.75) is 56.2 Å². The molecule has 1 fully saturated rings. The van der Waals surface area contributed by atoms with Gasteiger partial charge in [0.1, 0.15) is 0 Å². The smallest absolute Gasteiger partial charge is 0.0422 e. The summed E-state index contributed by atoms with van der Waals surface area (Å²) in [7, 11) is 0. The number of hydrogen-bond acceptors (Lipinski definition) is 0. The number of alkyl halides is 2. The Morgan fingerprint density at radius 1 is 1.42 bits per heavy atom. The molecule has 0 aromatic carbocycles. The molecular weight excluding hydrogens is 191 g/mol. The Kier molecular flexibility index (Phi) is 3.00. The normalized spacial score (nSPS) is 38.2. The van der Waals surface area contributed by atoms with Crippen molar-refractivity contribution >= 4 is 23.2 Å². The molecule has 12 heavy (non-hydrogen) atoms. The molecule has 0 heterocycles. The van der Waals surface area contributed by atoms with Crippen LogP contribution in [0.15, 0.2) is 0 Å². The third-order valence-electron chi connectivity index (χ3n) is 2.89. The lowest BCUT2D eigenvalue weighted by molar-refractivity contribution is 0.258. The van der Waals surface area contributed by atoms with Crippen molar-refractivity contribution in [2.75, 3.05) is 0 Å². The summed E-state index contributed by atoms with van der Waals surface area (Å²) in [4.78, 5) is -0.0916. The van der Waals surface area contributed by atoms with Gasteiger partial charge >= 0.3 is 0 Å². The van der Waals surface area contributed by atoms with E-state index in [2.05, 4.69) is 20.8 Å². The summed E-state index contributed by atoms with van der Waals surface area (Å²) < 4.78 is 0. The van der Waals surface area contributed by atoms with Gasteiger partial charge in [0.25, 0.3) is 0 Å². The van der Waals surface area contributed by atoms with Gasteiger partial charge in [0.2, 0.25) is 0 Å². The number of hydrogen-bond donors (Lipinski definition) is 0. The standard InChI is InChI=1S/C10H18Cl2/c1-9(2,11)8-5-4-6-10(3,12)7-8/h8H,4-7H2,1-3H3. The lowest BCUT2D eigenvalue weighted by atomic mass is 9.76. The molecular formula is C10H18Cl2. The fraction of sp³-hybridized carbons (Fsp3) is 1.00. The predicted octanol–water partition coefficient (Wildman–Crippen LogP) is 4.19. The van der Waals surface area contributed by atoms with Crippen LogP contribution in [0.2, 0.25) is 0 Å². The lowest BCUT2D eigenvalue weighted by Gasteiger charge is -2.39. The van der Waals surface area contributed by atoms with Crippen LogP contribution in [-0.2, 0) is 0 Å². The summed E-state index contributed by atoms with van der Waals surface area (Å²) in [5.41, 5.74) is 0. The van der Waals surface area contributed by atoms with Crippen LogP contribution in [0.3, 0.4) is 0 Å². The minimum atomic E-state index is -0.0867. The molecule has 1 rings (SSSR count). The van der Waals surface area contributed by atoms with E-state index in [0.29, 0.717) is 5.92 Å². The van der Waals surface area contributed by atoms with Crippen LogP contribution in [0.4, 0.5) is 0 Å². The maximum atomic E-state index is 6.31. The first kappa shape index (κ1) is 10.7. The molecule has 72 valence electrons. The Morgan fingerprint density at radius 3 is 2.33 bits per heavy atom. The minimum absolute atomic E-state index is 0.00488. The van der Waals surface area contributed by atoms with Gasteiger partial charge in [-0.2, -0.15) is 0 Å². The number of halogens is 2. The molecule has 0 aromatic heterocycles. The second kappa shape index (κ2) is 3.38. The Balaban J connectivity index is 2.58. The molecule has 0 amide bonds. The molecule has 0 aliphatic heterocycles. The number of rotatable bonds is 1. The Labute approximate surface area is 85.6 Å². The van der Waals surface area contributed by atoms with E-state index < -0.39 is 0 Å². The van der Waals surface area contributed by atoms with E-state index >= 15 is 0 Å². The Morgan fingerprint density at radius 2 is 2.00 bits per heavy atom. The van der Waals surface area contributed by atoms with Crippen LogP contribution < -0.4 is 0 Å². The fourth-order valence-electron chi connectivity index (χ4n) is 2.02. The van der Waals surface area contributed by atoms with E-state index in [-0.39, 0.29) is 9.75 Å². The summed E-state index contributed by atoms with van der Waals surface area (Å²) in [6, 6.07) is 0. The maximum Gasteiger partial charge on any atom is 0.0422 e. The summed E-state index contributed by atoms with van der Waals surface area (Å²) in [5.74, 6) is 0.579. The van der Waals surface area contributed by atoms with Gasteiger partial charge in [0, 0.05) is 9.75 Å². The molecule has 0 saturated heterocycles. The van der Waals surface area contributed by atoms with Gasteiger partial charge in [-0.15, -0.1) is 23.2 Å². The molecule has 0 nitrogen and oxygen atoms in total. The largest absolute Gasteiger partial charge is 0.120 e. The molecule has 1 aliphatic rings. The summed E-state index contributed by atoms with van der Waals surface area (Å²) >= 11 is 12.6. The molecule has 2 atom stereocenters. The van der Waals surface area contributed by atoms with Gasteiger partial charge in [0.15, 0.2) is 0 Å². The van der Waals surface area contributed by atoms with Crippen LogP contribution in [0.1, 0.15) is 46.5 Å². The summed E-state index contributed by atoms with van der Waals surface area (Å²) in [6.45, 7) is 6.32. The van der Waals surface area contributed by atoms with Crippen LogP contribution in [0, 0.1) is 5.92 Å². The molecule has 1 aliphatic carbocycles. The Hall–Kier alpha value is 0.580. The summed E-state index contributed by atoms with van der Waals surface area (Å²) in [5, 5.41) is 0. The molecule has 0 bridgehead atoms. The quantitative estimate of drug-likeness (QED) is 0.568. The monoisotopic (exact) mass is 208 g/mol. The highest BCUT2D eigenvalue weighted by atomic mass is 35.5. The van der Waals surface area contributed by atoms with Crippen LogP contribution >= 0.6 is 23.2 Å². The van der Waals surface area contributed by atoms with Crippen molar-refractivity contribution in [1.29, 1.82) is 0 Å². The van der Waals surface area contributed by atoms with Crippen LogP contribution in [-0.4, -0.2) is 9.75 Å². The lowest BCUT2D eigenvalue weighted by Crippen LogP contribution is -2.35. The van der Waals surface area contributed by atoms with Gasteiger partial charge in [-0.3, -0.25) is 0 Å². The van der Waals surface area contributed by atoms with Crippen molar-refractivity contribution in [3.8, 4) is 0 Å². The highest BCUT2D eigenvalue weighted by molar-refractivity contribution is 6.24. The molecule has 2 heteroatoms. The first-order chi connectivity index (χ1) is 5.31. The molecule has 0 N–H and O–H groups in total. The first-order valence-corrected chi connectivity index (χ1v) is 5.45. The summed E-state index contributed by atoms with van der Waals surface area (Å²) in [6.07, 6.45) is 4.66. The van der Waals surface area contributed by atoms with E-state index in [0.717, 1.165) is 12.8 Å². The highest BCUT2D eigenvalue weighted by Crippen LogP contribution is 2.43. The van der Waals surface area contributed by atoms with Gasteiger partial charge in [-0.05, 0) is 46.0 Å². The third-order valence-corrected chi connectivity index (χ3v) is 3.55. The molecule has 2 unspecified atom stereocenters. The average Bonchev–Trinajstić information content (AvgIpc) is 1.83. The van der Waals surface area contributed by atoms with Gasteiger partial charge in [-0.25, -0.2) is 0 Å². The van der Waals surface area contributed by atoms with E-state index in [4.69, 9.17) is 23.2 Å².